The number of benzene rings is 2. The van der Waals surface area contributed by atoms with Crippen LogP contribution in [0.2, 0.25) is 0 Å². The number of hydrogen-bond donors (Lipinski definition) is 0. The maximum atomic E-state index is 5.63. The van der Waals surface area contributed by atoms with Gasteiger partial charge in [-0.1, -0.05) is 24.3 Å². The summed E-state index contributed by atoms with van der Waals surface area (Å²) in [6.45, 7) is 16.6. The number of ether oxygens (including phenoxy) is 1. The second-order valence-corrected chi connectivity index (χ2v) is 7.58. The lowest BCUT2D eigenvalue weighted by Gasteiger charge is -2.35. The van der Waals surface area contributed by atoms with Gasteiger partial charge in [0.1, 0.15) is 0 Å². The van der Waals surface area contributed by atoms with Gasteiger partial charge in [0.2, 0.25) is 0 Å². The molecule has 29 heavy (non-hydrogen) atoms. The number of hydrogen-bond acceptors (Lipinski definition) is 4. The summed E-state index contributed by atoms with van der Waals surface area (Å²) in [6, 6.07) is 18.6. The number of rotatable bonds is 9. The van der Waals surface area contributed by atoms with Gasteiger partial charge in [-0.25, -0.2) is 0 Å². The predicted molar refractivity (Wildman–Crippen MR) is 124 cm³/mol. The van der Waals surface area contributed by atoms with Gasteiger partial charge in [-0.3, -0.25) is 4.90 Å². The highest BCUT2D eigenvalue weighted by Gasteiger charge is 2.24. The van der Waals surface area contributed by atoms with Crippen molar-refractivity contribution < 1.29 is 4.74 Å². The largest absolute Gasteiger partial charge is 0.379 e. The van der Waals surface area contributed by atoms with Crippen molar-refractivity contribution in [2.24, 2.45) is 0 Å². The molecule has 0 radical (unpaired) electrons. The summed E-state index contributed by atoms with van der Waals surface area (Å²) in [7, 11) is 0. The van der Waals surface area contributed by atoms with Gasteiger partial charge in [0, 0.05) is 50.6 Å². The molecule has 1 heterocycles. The maximum Gasteiger partial charge on any atom is 0.0603 e. The summed E-state index contributed by atoms with van der Waals surface area (Å²) in [5.74, 6) is 0. The third-order valence-electron chi connectivity index (χ3n) is 6.09. The van der Waals surface area contributed by atoms with Crippen molar-refractivity contribution in [1.29, 1.82) is 0 Å². The molecule has 3 rings (SSSR count). The summed E-state index contributed by atoms with van der Waals surface area (Å²) in [6.07, 6.45) is 0. The summed E-state index contributed by atoms with van der Waals surface area (Å²) >= 11 is 0. The van der Waals surface area contributed by atoms with Crippen molar-refractivity contribution >= 4 is 11.4 Å². The van der Waals surface area contributed by atoms with E-state index in [0.717, 1.165) is 52.5 Å². The molecule has 1 aliphatic heterocycles. The Bertz CT molecular complexity index is 659. The molecule has 0 saturated carbocycles. The zero-order valence-electron chi connectivity index (χ0n) is 18.6. The van der Waals surface area contributed by atoms with Crippen molar-refractivity contribution in [1.82, 2.24) is 4.90 Å². The lowest BCUT2D eigenvalue weighted by molar-refractivity contribution is 0.0239. The van der Waals surface area contributed by atoms with E-state index in [1.54, 1.807) is 0 Å². The molecule has 0 spiro atoms. The van der Waals surface area contributed by atoms with Crippen LogP contribution in [0.5, 0.6) is 0 Å². The van der Waals surface area contributed by atoms with Crippen molar-refractivity contribution in [2.75, 3.05) is 62.3 Å². The standard InChI is InChI=1S/C25H37N3O/c1-5-26(6-2)23-13-9-21(10-14-23)25(28-17-19-29-20-18-28)22-11-15-24(16-12-22)27(7-3)8-4/h9-16,25H,5-8,17-20H2,1-4H3. The Labute approximate surface area is 177 Å². The molecule has 4 heteroatoms. The van der Waals surface area contributed by atoms with Crippen molar-refractivity contribution in [3.05, 3.63) is 59.7 Å². The Morgan fingerprint density at radius 3 is 1.41 bits per heavy atom. The van der Waals surface area contributed by atoms with Crippen LogP contribution in [-0.4, -0.2) is 57.4 Å². The van der Waals surface area contributed by atoms with Crippen LogP contribution in [0.1, 0.15) is 44.9 Å². The molecule has 1 saturated heterocycles. The van der Waals surface area contributed by atoms with Crippen LogP contribution < -0.4 is 9.80 Å². The number of nitrogens with zero attached hydrogens (tertiary/aromatic N) is 3. The molecule has 0 aliphatic carbocycles. The summed E-state index contributed by atoms with van der Waals surface area (Å²) < 4.78 is 5.63. The van der Waals surface area contributed by atoms with Gasteiger partial charge in [0.05, 0.1) is 19.3 Å². The minimum Gasteiger partial charge on any atom is -0.379 e. The molecule has 0 unspecified atom stereocenters. The fraction of sp³-hybridized carbons (Fsp3) is 0.520. The average Bonchev–Trinajstić information content (AvgIpc) is 2.78. The van der Waals surface area contributed by atoms with Crippen molar-refractivity contribution in [2.45, 2.75) is 33.7 Å². The van der Waals surface area contributed by atoms with Gasteiger partial charge < -0.3 is 14.5 Å². The average molecular weight is 396 g/mol. The van der Waals surface area contributed by atoms with Crippen LogP contribution in [-0.2, 0) is 4.74 Å². The zero-order chi connectivity index (χ0) is 20.6. The Morgan fingerprint density at radius 1 is 0.690 bits per heavy atom. The third-order valence-corrected chi connectivity index (χ3v) is 6.09. The second-order valence-electron chi connectivity index (χ2n) is 7.58. The van der Waals surface area contributed by atoms with Gasteiger partial charge in [-0.2, -0.15) is 0 Å². The number of morpholine rings is 1. The Hall–Kier alpha value is -2.04. The first-order chi connectivity index (χ1) is 14.2. The molecule has 0 amide bonds. The molecular weight excluding hydrogens is 358 g/mol. The smallest absolute Gasteiger partial charge is 0.0603 e. The first-order valence-corrected chi connectivity index (χ1v) is 11.2. The fourth-order valence-electron chi connectivity index (χ4n) is 4.36. The lowest BCUT2D eigenvalue weighted by atomic mass is 9.96. The highest BCUT2D eigenvalue weighted by atomic mass is 16.5. The van der Waals surface area contributed by atoms with Crippen LogP contribution >= 0.6 is 0 Å². The highest BCUT2D eigenvalue weighted by molar-refractivity contribution is 5.51. The van der Waals surface area contributed by atoms with Crippen LogP contribution in [0.15, 0.2) is 48.5 Å². The SMILES string of the molecule is CCN(CC)c1ccc(C(c2ccc(N(CC)CC)cc2)N2CCOCC2)cc1. The van der Waals surface area contributed by atoms with Gasteiger partial charge >= 0.3 is 0 Å². The van der Waals surface area contributed by atoms with Gasteiger partial charge in [-0.05, 0) is 63.1 Å². The summed E-state index contributed by atoms with van der Waals surface area (Å²) in [5, 5.41) is 0. The summed E-state index contributed by atoms with van der Waals surface area (Å²) in [5.41, 5.74) is 5.32. The quantitative estimate of drug-likeness (QED) is 0.607. The van der Waals surface area contributed by atoms with E-state index in [0.29, 0.717) is 0 Å². The third kappa shape index (κ3) is 5.12. The highest BCUT2D eigenvalue weighted by Crippen LogP contribution is 2.32. The molecule has 0 atom stereocenters. The van der Waals surface area contributed by atoms with E-state index < -0.39 is 0 Å². The molecule has 1 fully saturated rings. The Kier molecular flexibility index (Phi) is 7.96. The van der Waals surface area contributed by atoms with Crippen LogP contribution in [0.25, 0.3) is 0 Å². The Balaban J connectivity index is 1.91. The van der Waals surface area contributed by atoms with E-state index in [2.05, 4.69) is 90.9 Å². The molecule has 4 nitrogen and oxygen atoms in total. The molecule has 2 aromatic rings. The maximum absolute atomic E-state index is 5.63. The first kappa shape index (κ1) is 21.7. The van der Waals surface area contributed by atoms with E-state index in [1.807, 2.05) is 0 Å². The molecule has 0 bridgehead atoms. The molecular formula is C25H37N3O. The van der Waals surface area contributed by atoms with Gasteiger partial charge in [-0.15, -0.1) is 0 Å². The predicted octanol–water partition coefficient (Wildman–Crippen LogP) is 4.80. The molecule has 158 valence electrons. The van der Waals surface area contributed by atoms with Crippen LogP contribution in [0.4, 0.5) is 11.4 Å². The minimum atomic E-state index is 0.274. The van der Waals surface area contributed by atoms with Crippen LogP contribution in [0, 0.1) is 0 Å². The normalized spacial score (nSPS) is 14.9. The van der Waals surface area contributed by atoms with Gasteiger partial charge in [0.15, 0.2) is 0 Å². The van der Waals surface area contributed by atoms with E-state index in [-0.39, 0.29) is 6.04 Å². The van der Waals surface area contributed by atoms with E-state index in [4.69, 9.17) is 4.74 Å². The summed E-state index contributed by atoms with van der Waals surface area (Å²) in [4.78, 5) is 7.35. The topological polar surface area (TPSA) is 19.0 Å². The molecule has 2 aromatic carbocycles. The first-order valence-electron chi connectivity index (χ1n) is 11.2. The molecule has 0 aromatic heterocycles. The minimum absolute atomic E-state index is 0.274. The number of anilines is 2. The van der Waals surface area contributed by atoms with Crippen molar-refractivity contribution in [3.63, 3.8) is 0 Å². The Morgan fingerprint density at radius 2 is 1.07 bits per heavy atom. The lowest BCUT2D eigenvalue weighted by Crippen LogP contribution is -2.39. The second kappa shape index (κ2) is 10.7. The monoisotopic (exact) mass is 395 g/mol. The van der Waals surface area contributed by atoms with E-state index in [1.165, 1.54) is 22.5 Å². The zero-order valence-corrected chi connectivity index (χ0v) is 18.6. The molecule has 0 N–H and O–H groups in total. The van der Waals surface area contributed by atoms with Crippen LogP contribution in [0.3, 0.4) is 0 Å². The fourth-order valence-corrected chi connectivity index (χ4v) is 4.36. The molecule has 1 aliphatic rings. The van der Waals surface area contributed by atoms with E-state index in [9.17, 15) is 0 Å². The van der Waals surface area contributed by atoms with Crippen molar-refractivity contribution in [3.8, 4) is 0 Å². The van der Waals surface area contributed by atoms with Gasteiger partial charge in [0.25, 0.3) is 0 Å². The van der Waals surface area contributed by atoms with E-state index >= 15 is 0 Å².